The highest BCUT2D eigenvalue weighted by Crippen LogP contribution is 2.36. The number of nitrogens with one attached hydrogen (secondary N) is 1. The zero-order chi connectivity index (χ0) is 15.7. The zero-order valence-electron chi connectivity index (χ0n) is 10.8. The second-order valence-electron chi connectivity index (χ2n) is 4.27. The fourth-order valence-corrected chi connectivity index (χ4v) is 1.82. The minimum absolute atomic E-state index is 0.0248. The molecular formula is C13H7F3N4O2. The Hall–Kier alpha value is -2.97. The smallest absolute Gasteiger partial charge is 0.334 e. The van der Waals surface area contributed by atoms with Gasteiger partial charge in [0.2, 0.25) is 5.82 Å². The van der Waals surface area contributed by atoms with Gasteiger partial charge in [0.15, 0.2) is 0 Å². The molecule has 6 nitrogen and oxygen atoms in total. The van der Waals surface area contributed by atoms with Gasteiger partial charge in [0.25, 0.3) is 11.4 Å². The number of aromatic nitrogens is 4. The number of H-pyrrole nitrogens is 1. The maximum absolute atomic E-state index is 13.0. The summed E-state index contributed by atoms with van der Waals surface area (Å²) in [4.78, 5) is 14.8. The van der Waals surface area contributed by atoms with Crippen LogP contribution in [0.2, 0.25) is 0 Å². The lowest BCUT2D eigenvalue weighted by Crippen LogP contribution is -2.07. The van der Waals surface area contributed by atoms with Crippen LogP contribution in [0, 0.1) is 0 Å². The number of nitrogens with zero attached hydrogens (tertiary/aromatic N) is 3. The lowest BCUT2D eigenvalue weighted by atomic mass is 10.1. The Labute approximate surface area is 120 Å². The second-order valence-corrected chi connectivity index (χ2v) is 4.27. The first-order valence-electron chi connectivity index (χ1n) is 6.01. The molecule has 0 spiro atoms. The molecule has 3 aromatic rings. The molecule has 1 aromatic carbocycles. The van der Waals surface area contributed by atoms with Gasteiger partial charge in [0, 0.05) is 6.07 Å². The number of hydrogen-bond donors (Lipinski definition) is 1. The summed E-state index contributed by atoms with van der Waals surface area (Å²) in [6.45, 7) is 0. The number of alkyl halides is 3. The molecule has 22 heavy (non-hydrogen) atoms. The van der Waals surface area contributed by atoms with Crippen molar-refractivity contribution in [2.45, 2.75) is 6.18 Å². The highest BCUT2D eigenvalue weighted by molar-refractivity contribution is 5.61. The third-order valence-corrected chi connectivity index (χ3v) is 2.80. The SMILES string of the molecule is O=c1ccc(-c2noc(-c3ccccc3C(F)(F)F)n2)n[nH]1. The molecule has 3 rings (SSSR count). The average Bonchev–Trinajstić information content (AvgIpc) is 2.97. The van der Waals surface area contributed by atoms with Crippen LogP contribution in [-0.2, 0) is 6.18 Å². The number of benzene rings is 1. The highest BCUT2D eigenvalue weighted by atomic mass is 19.4. The molecule has 0 aliphatic heterocycles. The quantitative estimate of drug-likeness (QED) is 0.786. The fourth-order valence-electron chi connectivity index (χ4n) is 1.82. The lowest BCUT2D eigenvalue weighted by molar-refractivity contribution is -0.137. The van der Waals surface area contributed by atoms with E-state index in [0.29, 0.717) is 0 Å². The minimum atomic E-state index is -4.54. The van der Waals surface area contributed by atoms with E-state index in [0.717, 1.165) is 6.07 Å². The maximum Gasteiger partial charge on any atom is 0.417 e. The molecule has 0 fully saturated rings. The van der Waals surface area contributed by atoms with Crippen LogP contribution in [0.3, 0.4) is 0 Å². The van der Waals surface area contributed by atoms with Crippen molar-refractivity contribution in [3.05, 3.63) is 52.3 Å². The van der Waals surface area contributed by atoms with Gasteiger partial charge in [-0.3, -0.25) is 4.79 Å². The molecule has 9 heteroatoms. The monoisotopic (exact) mass is 308 g/mol. The van der Waals surface area contributed by atoms with E-state index in [-0.39, 0.29) is 23.0 Å². The normalized spacial score (nSPS) is 11.6. The molecule has 0 saturated carbocycles. The third kappa shape index (κ3) is 2.60. The van der Waals surface area contributed by atoms with Crippen LogP contribution in [-0.4, -0.2) is 20.3 Å². The second kappa shape index (κ2) is 5.10. The maximum atomic E-state index is 13.0. The Kier molecular flexibility index (Phi) is 3.24. The summed E-state index contributed by atoms with van der Waals surface area (Å²) >= 11 is 0. The van der Waals surface area contributed by atoms with Crippen molar-refractivity contribution in [2.24, 2.45) is 0 Å². The number of rotatable bonds is 2. The topological polar surface area (TPSA) is 84.7 Å². The fraction of sp³-hybridized carbons (Fsp3) is 0.0769. The summed E-state index contributed by atoms with van der Waals surface area (Å²) in [5.41, 5.74) is -1.34. The first kappa shape index (κ1) is 14.0. The van der Waals surface area contributed by atoms with Crippen molar-refractivity contribution in [1.29, 1.82) is 0 Å². The van der Waals surface area contributed by atoms with Gasteiger partial charge in [0.1, 0.15) is 5.69 Å². The summed E-state index contributed by atoms with van der Waals surface area (Å²) in [6.07, 6.45) is -4.54. The largest absolute Gasteiger partial charge is 0.417 e. The third-order valence-electron chi connectivity index (χ3n) is 2.80. The van der Waals surface area contributed by atoms with E-state index >= 15 is 0 Å². The van der Waals surface area contributed by atoms with E-state index in [9.17, 15) is 18.0 Å². The number of halogens is 3. The Morgan fingerprint density at radius 1 is 1.09 bits per heavy atom. The van der Waals surface area contributed by atoms with Gasteiger partial charge in [-0.1, -0.05) is 17.3 Å². The Morgan fingerprint density at radius 3 is 2.55 bits per heavy atom. The molecule has 0 radical (unpaired) electrons. The highest BCUT2D eigenvalue weighted by Gasteiger charge is 2.34. The van der Waals surface area contributed by atoms with Crippen LogP contribution in [0.4, 0.5) is 13.2 Å². The molecular weight excluding hydrogens is 301 g/mol. The molecule has 0 atom stereocenters. The summed E-state index contributed by atoms with van der Waals surface area (Å²) in [5, 5.41) is 9.44. The van der Waals surface area contributed by atoms with Crippen LogP contribution in [0.15, 0.2) is 45.7 Å². The Morgan fingerprint density at radius 2 is 1.86 bits per heavy atom. The summed E-state index contributed by atoms with van der Waals surface area (Å²) in [6, 6.07) is 7.41. The standard InChI is InChI=1S/C13H7F3N4O2/c14-13(15,16)8-4-2-1-3-7(8)12-17-11(20-22-12)9-5-6-10(21)19-18-9/h1-6H,(H,19,21). The van der Waals surface area contributed by atoms with Gasteiger partial charge in [-0.15, -0.1) is 0 Å². The van der Waals surface area contributed by atoms with E-state index in [4.69, 9.17) is 4.52 Å². The van der Waals surface area contributed by atoms with E-state index in [2.05, 4.69) is 20.3 Å². The number of hydrogen-bond acceptors (Lipinski definition) is 5. The zero-order valence-corrected chi connectivity index (χ0v) is 10.8. The predicted octanol–water partition coefficient (Wildman–Crippen LogP) is 2.51. The summed E-state index contributed by atoms with van der Waals surface area (Å²) in [5.74, 6) is -0.306. The Bertz CT molecular complexity index is 849. The molecule has 0 amide bonds. The van der Waals surface area contributed by atoms with Gasteiger partial charge < -0.3 is 4.52 Å². The van der Waals surface area contributed by atoms with E-state index in [1.165, 1.54) is 30.3 Å². The first-order valence-corrected chi connectivity index (χ1v) is 6.01. The van der Waals surface area contributed by atoms with E-state index < -0.39 is 17.3 Å². The van der Waals surface area contributed by atoms with Crippen molar-refractivity contribution in [2.75, 3.05) is 0 Å². The van der Waals surface area contributed by atoms with Gasteiger partial charge in [0.05, 0.1) is 11.1 Å². The van der Waals surface area contributed by atoms with E-state index in [1.54, 1.807) is 0 Å². The molecule has 0 unspecified atom stereocenters. The first-order chi connectivity index (χ1) is 10.4. The van der Waals surface area contributed by atoms with Crippen molar-refractivity contribution in [3.8, 4) is 23.0 Å². The van der Waals surface area contributed by atoms with Crippen molar-refractivity contribution >= 4 is 0 Å². The van der Waals surface area contributed by atoms with Crippen molar-refractivity contribution in [1.82, 2.24) is 20.3 Å². The van der Waals surface area contributed by atoms with Crippen LogP contribution in [0.1, 0.15) is 5.56 Å². The molecule has 2 aromatic heterocycles. The van der Waals surface area contributed by atoms with Gasteiger partial charge in [-0.05, 0) is 18.2 Å². The minimum Gasteiger partial charge on any atom is -0.334 e. The lowest BCUT2D eigenvalue weighted by Gasteiger charge is -2.09. The summed E-state index contributed by atoms with van der Waals surface area (Å²) in [7, 11) is 0. The molecule has 0 bridgehead atoms. The average molecular weight is 308 g/mol. The predicted molar refractivity (Wildman–Crippen MR) is 68.6 cm³/mol. The Balaban J connectivity index is 2.05. The van der Waals surface area contributed by atoms with Crippen LogP contribution in [0.5, 0.6) is 0 Å². The molecule has 112 valence electrons. The van der Waals surface area contributed by atoms with Crippen LogP contribution < -0.4 is 5.56 Å². The molecule has 0 saturated heterocycles. The van der Waals surface area contributed by atoms with Crippen molar-refractivity contribution < 1.29 is 17.7 Å². The van der Waals surface area contributed by atoms with E-state index in [1.807, 2.05) is 0 Å². The van der Waals surface area contributed by atoms with Crippen LogP contribution in [0.25, 0.3) is 23.0 Å². The number of aromatic amines is 1. The molecule has 0 aliphatic carbocycles. The van der Waals surface area contributed by atoms with Crippen LogP contribution >= 0.6 is 0 Å². The van der Waals surface area contributed by atoms with Crippen molar-refractivity contribution in [3.63, 3.8) is 0 Å². The van der Waals surface area contributed by atoms with Gasteiger partial charge in [-0.25, -0.2) is 5.10 Å². The molecule has 1 N–H and O–H groups in total. The van der Waals surface area contributed by atoms with Gasteiger partial charge in [-0.2, -0.15) is 23.3 Å². The summed E-state index contributed by atoms with van der Waals surface area (Å²) < 4.78 is 43.8. The molecule has 0 aliphatic rings. The van der Waals surface area contributed by atoms with Gasteiger partial charge >= 0.3 is 6.18 Å². The molecule has 2 heterocycles.